The molecule has 1 heterocycles. The summed E-state index contributed by atoms with van der Waals surface area (Å²) in [5.74, 6) is -0.608. The molecule has 0 atom stereocenters. The molecular weight excluding hydrogens is 369 g/mol. The molecule has 0 unspecified atom stereocenters. The van der Waals surface area contributed by atoms with Gasteiger partial charge < -0.3 is 10.2 Å². The number of rotatable bonds is 5. The average molecular weight is 386 g/mol. The molecule has 0 saturated heterocycles. The summed E-state index contributed by atoms with van der Waals surface area (Å²) in [6.07, 6.45) is 0.772. The van der Waals surface area contributed by atoms with E-state index in [0.717, 1.165) is 11.4 Å². The zero-order valence-electron chi connectivity index (χ0n) is 13.5. The van der Waals surface area contributed by atoms with Crippen molar-refractivity contribution < 1.29 is 9.59 Å². The van der Waals surface area contributed by atoms with Crippen molar-refractivity contribution in [1.29, 1.82) is 0 Å². The van der Waals surface area contributed by atoms with Crippen LogP contribution in [0, 0.1) is 6.92 Å². The molecule has 0 spiro atoms. The number of amides is 2. The third kappa shape index (κ3) is 4.26. The minimum Gasteiger partial charge on any atom is -0.332 e. The second kappa shape index (κ2) is 7.96. The fourth-order valence-corrected chi connectivity index (χ4v) is 3.55. The van der Waals surface area contributed by atoms with Gasteiger partial charge >= 0.3 is 0 Å². The molecule has 2 amide bonds. The van der Waals surface area contributed by atoms with Crippen LogP contribution in [-0.2, 0) is 11.2 Å². The van der Waals surface area contributed by atoms with Gasteiger partial charge in [0, 0.05) is 7.05 Å². The zero-order chi connectivity index (χ0) is 17.9. The predicted octanol–water partition coefficient (Wildman–Crippen LogP) is 4.03. The first-order valence-corrected chi connectivity index (χ1v) is 8.86. The van der Waals surface area contributed by atoms with Gasteiger partial charge in [0.25, 0.3) is 5.91 Å². The maximum absolute atomic E-state index is 12.5. The van der Waals surface area contributed by atoms with Gasteiger partial charge in [0.2, 0.25) is 5.91 Å². The van der Waals surface area contributed by atoms with Crippen LogP contribution in [-0.4, -0.2) is 35.3 Å². The summed E-state index contributed by atoms with van der Waals surface area (Å²) in [7, 11) is 1.57. The minimum atomic E-state index is -0.376. The molecule has 0 aliphatic carbocycles. The predicted molar refractivity (Wildman–Crippen MR) is 98.3 cm³/mol. The van der Waals surface area contributed by atoms with E-state index < -0.39 is 0 Å². The molecule has 1 aromatic heterocycles. The second-order valence-electron chi connectivity index (χ2n) is 5.18. The van der Waals surface area contributed by atoms with Crippen LogP contribution in [0.15, 0.2) is 18.2 Å². The number of carbonyl (C=O) groups is 2. The number of halogens is 2. The van der Waals surface area contributed by atoms with Gasteiger partial charge in [0.15, 0.2) is 0 Å². The van der Waals surface area contributed by atoms with Crippen molar-refractivity contribution in [2.75, 3.05) is 18.9 Å². The molecule has 0 aliphatic heterocycles. The lowest BCUT2D eigenvalue weighted by Crippen LogP contribution is -2.35. The summed E-state index contributed by atoms with van der Waals surface area (Å²) in [4.78, 5) is 30.9. The molecule has 0 fully saturated rings. The summed E-state index contributed by atoms with van der Waals surface area (Å²) in [5, 5.41) is 4.22. The number of carbonyl (C=O) groups excluding carboxylic acids is 2. The third-order valence-electron chi connectivity index (χ3n) is 3.29. The minimum absolute atomic E-state index is 0.112. The maximum atomic E-state index is 12.5. The Bertz CT molecular complexity index is 756. The van der Waals surface area contributed by atoms with Crippen LogP contribution in [0.2, 0.25) is 10.0 Å². The topological polar surface area (TPSA) is 62.3 Å². The number of nitrogens with one attached hydrogen (secondary N) is 1. The molecule has 8 heteroatoms. The van der Waals surface area contributed by atoms with Crippen molar-refractivity contribution in [3.63, 3.8) is 0 Å². The fraction of sp³-hybridized carbons (Fsp3) is 0.312. The Morgan fingerprint density at radius 2 is 1.92 bits per heavy atom. The number of likely N-dealkylation sites (N-methyl/N-ethyl adjacent to an activating group) is 1. The van der Waals surface area contributed by atoms with E-state index in [0.29, 0.717) is 26.3 Å². The molecule has 0 radical (unpaired) electrons. The van der Waals surface area contributed by atoms with Crippen LogP contribution in [0.3, 0.4) is 0 Å². The van der Waals surface area contributed by atoms with Crippen LogP contribution >= 0.6 is 34.5 Å². The highest BCUT2D eigenvalue weighted by Gasteiger charge is 2.21. The fourth-order valence-electron chi connectivity index (χ4n) is 2.06. The van der Waals surface area contributed by atoms with Gasteiger partial charge in [-0.1, -0.05) is 36.2 Å². The summed E-state index contributed by atoms with van der Waals surface area (Å²) in [6.45, 7) is 3.66. The van der Waals surface area contributed by atoms with Gasteiger partial charge in [-0.15, -0.1) is 11.3 Å². The average Bonchev–Trinajstić information content (AvgIpc) is 2.91. The van der Waals surface area contributed by atoms with Crippen LogP contribution in [0.4, 0.5) is 5.69 Å². The number of aryl methyl sites for hydroxylation is 2. The molecule has 0 saturated carbocycles. The smallest absolute Gasteiger partial charge is 0.266 e. The first-order chi connectivity index (χ1) is 11.3. The monoisotopic (exact) mass is 385 g/mol. The number of hydrogen-bond acceptors (Lipinski definition) is 4. The number of aromatic nitrogens is 1. The van der Waals surface area contributed by atoms with Crippen LogP contribution in [0.1, 0.15) is 27.3 Å². The highest BCUT2D eigenvalue weighted by molar-refractivity contribution is 7.13. The van der Waals surface area contributed by atoms with Gasteiger partial charge in [0.1, 0.15) is 4.88 Å². The van der Waals surface area contributed by atoms with Gasteiger partial charge in [-0.25, -0.2) is 4.98 Å². The Kier molecular flexibility index (Phi) is 6.21. The Hall–Kier alpha value is -1.63. The van der Waals surface area contributed by atoms with E-state index >= 15 is 0 Å². The number of thiazole rings is 1. The number of para-hydroxylation sites is 1. The number of benzene rings is 1. The van der Waals surface area contributed by atoms with Crippen molar-refractivity contribution >= 4 is 52.0 Å². The van der Waals surface area contributed by atoms with Crippen LogP contribution < -0.4 is 5.32 Å². The van der Waals surface area contributed by atoms with Crippen molar-refractivity contribution in [2.24, 2.45) is 0 Å². The second-order valence-corrected chi connectivity index (χ2v) is 7.08. The van der Waals surface area contributed by atoms with E-state index in [2.05, 4.69) is 10.3 Å². The lowest BCUT2D eigenvalue weighted by atomic mass is 10.3. The van der Waals surface area contributed by atoms with Gasteiger partial charge in [-0.2, -0.15) is 0 Å². The molecule has 1 aromatic carbocycles. The standard InChI is InChI=1S/C16H17Cl2N3O2S/c1-4-13-19-9(2)15(24-13)16(23)21(3)8-12(22)20-14-10(17)6-5-7-11(14)18/h5-7H,4,8H2,1-3H3,(H,20,22). The lowest BCUT2D eigenvalue weighted by molar-refractivity contribution is -0.116. The Morgan fingerprint density at radius 1 is 1.29 bits per heavy atom. The maximum Gasteiger partial charge on any atom is 0.266 e. The van der Waals surface area contributed by atoms with Crippen LogP contribution in [0.25, 0.3) is 0 Å². The molecule has 0 aliphatic rings. The summed E-state index contributed by atoms with van der Waals surface area (Å²) >= 11 is 13.4. The van der Waals surface area contributed by atoms with Crippen LogP contribution in [0.5, 0.6) is 0 Å². The Balaban J connectivity index is 2.05. The lowest BCUT2D eigenvalue weighted by Gasteiger charge is -2.17. The normalized spacial score (nSPS) is 10.5. The molecular formula is C16H17Cl2N3O2S. The molecule has 128 valence electrons. The molecule has 1 N–H and O–H groups in total. The zero-order valence-corrected chi connectivity index (χ0v) is 15.8. The molecule has 5 nitrogen and oxygen atoms in total. The van der Waals surface area contributed by atoms with Crippen molar-refractivity contribution in [1.82, 2.24) is 9.88 Å². The van der Waals surface area contributed by atoms with Crippen molar-refractivity contribution in [3.8, 4) is 0 Å². The van der Waals surface area contributed by atoms with Gasteiger partial charge in [-0.05, 0) is 25.5 Å². The number of nitrogens with zero attached hydrogens (tertiary/aromatic N) is 2. The largest absolute Gasteiger partial charge is 0.332 e. The first kappa shape index (κ1) is 18.7. The third-order valence-corrected chi connectivity index (χ3v) is 5.21. The van der Waals surface area contributed by atoms with E-state index in [1.807, 2.05) is 6.92 Å². The summed E-state index contributed by atoms with van der Waals surface area (Å²) in [5.41, 5.74) is 1.03. The SMILES string of the molecule is CCc1nc(C)c(C(=O)N(C)CC(=O)Nc2c(Cl)cccc2Cl)s1. The Morgan fingerprint density at radius 3 is 2.46 bits per heavy atom. The Labute approximate surface area is 154 Å². The number of hydrogen-bond donors (Lipinski definition) is 1. The quantitative estimate of drug-likeness (QED) is 0.844. The van der Waals surface area contributed by atoms with E-state index in [-0.39, 0.29) is 18.4 Å². The molecule has 0 bridgehead atoms. The molecule has 24 heavy (non-hydrogen) atoms. The first-order valence-electron chi connectivity index (χ1n) is 7.29. The van der Waals surface area contributed by atoms with E-state index in [1.165, 1.54) is 16.2 Å². The van der Waals surface area contributed by atoms with Gasteiger partial charge in [-0.3, -0.25) is 9.59 Å². The summed E-state index contributed by atoms with van der Waals surface area (Å²) in [6, 6.07) is 4.95. The van der Waals surface area contributed by atoms with E-state index in [9.17, 15) is 9.59 Å². The molecule has 2 aromatic rings. The van der Waals surface area contributed by atoms with Crippen molar-refractivity contribution in [2.45, 2.75) is 20.3 Å². The van der Waals surface area contributed by atoms with Crippen molar-refractivity contribution in [3.05, 3.63) is 43.8 Å². The highest BCUT2D eigenvalue weighted by Crippen LogP contribution is 2.29. The van der Waals surface area contributed by atoms with E-state index in [1.54, 1.807) is 32.2 Å². The highest BCUT2D eigenvalue weighted by atomic mass is 35.5. The van der Waals surface area contributed by atoms with E-state index in [4.69, 9.17) is 23.2 Å². The van der Waals surface area contributed by atoms with Gasteiger partial charge in [0.05, 0.1) is 33.0 Å². The molecule has 2 rings (SSSR count). The number of anilines is 1. The summed E-state index contributed by atoms with van der Waals surface area (Å²) < 4.78 is 0.